The molecule has 0 radical (unpaired) electrons. The molecule has 0 aromatic heterocycles. The molecule has 0 aliphatic carbocycles. The standard InChI is InChI=1S/C17H18OS/c1-13-17(18,11-12-19-13)16-9-7-15(8-10-16)14-5-3-2-4-6-14/h2-10,13,18H,11-12H2,1H3. The number of thioether (sulfide) groups is 1. The highest BCUT2D eigenvalue weighted by Crippen LogP contribution is 2.43. The molecule has 1 N–H and O–H groups in total. The highest BCUT2D eigenvalue weighted by atomic mass is 32.2. The van der Waals surface area contributed by atoms with Crippen molar-refractivity contribution in [3.63, 3.8) is 0 Å². The summed E-state index contributed by atoms with van der Waals surface area (Å²) >= 11 is 1.85. The number of benzene rings is 2. The van der Waals surface area contributed by atoms with Gasteiger partial charge in [0.1, 0.15) is 5.60 Å². The van der Waals surface area contributed by atoms with Gasteiger partial charge in [0.25, 0.3) is 0 Å². The summed E-state index contributed by atoms with van der Waals surface area (Å²) < 4.78 is 0. The van der Waals surface area contributed by atoms with E-state index in [1.54, 1.807) is 0 Å². The monoisotopic (exact) mass is 270 g/mol. The topological polar surface area (TPSA) is 20.2 Å². The smallest absolute Gasteiger partial charge is 0.102 e. The van der Waals surface area contributed by atoms with Crippen LogP contribution < -0.4 is 0 Å². The van der Waals surface area contributed by atoms with Crippen LogP contribution in [0.4, 0.5) is 0 Å². The zero-order valence-corrected chi connectivity index (χ0v) is 11.9. The van der Waals surface area contributed by atoms with Crippen LogP contribution in [0.3, 0.4) is 0 Å². The van der Waals surface area contributed by atoms with Crippen molar-refractivity contribution >= 4 is 11.8 Å². The average molecular weight is 270 g/mol. The van der Waals surface area contributed by atoms with Crippen molar-refractivity contribution in [2.24, 2.45) is 0 Å². The molecule has 0 bridgehead atoms. The Bertz CT molecular complexity index is 549. The summed E-state index contributed by atoms with van der Waals surface area (Å²) in [5.74, 6) is 1.04. The van der Waals surface area contributed by atoms with Crippen LogP contribution in [0.2, 0.25) is 0 Å². The van der Waals surface area contributed by atoms with E-state index in [-0.39, 0.29) is 5.25 Å². The van der Waals surface area contributed by atoms with Gasteiger partial charge in [-0.3, -0.25) is 0 Å². The zero-order chi connectivity index (χ0) is 13.3. The zero-order valence-electron chi connectivity index (χ0n) is 11.0. The predicted octanol–water partition coefficient (Wildman–Crippen LogP) is 4.07. The van der Waals surface area contributed by atoms with E-state index in [0.717, 1.165) is 17.7 Å². The highest BCUT2D eigenvalue weighted by Gasteiger charge is 2.40. The highest BCUT2D eigenvalue weighted by molar-refractivity contribution is 8.00. The summed E-state index contributed by atoms with van der Waals surface area (Å²) in [5, 5.41) is 11.0. The first kappa shape index (κ1) is 12.8. The number of aliphatic hydroxyl groups is 1. The fourth-order valence-corrected chi connectivity index (χ4v) is 4.01. The molecule has 3 rings (SSSR count). The molecular formula is C17H18OS. The van der Waals surface area contributed by atoms with Crippen molar-refractivity contribution < 1.29 is 5.11 Å². The van der Waals surface area contributed by atoms with E-state index in [4.69, 9.17) is 0 Å². The number of hydrogen-bond acceptors (Lipinski definition) is 2. The third kappa shape index (κ3) is 2.31. The molecular weight excluding hydrogens is 252 g/mol. The maximum Gasteiger partial charge on any atom is 0.102 e. The van der Waals surface area contributed by atoms with E-state index in [0.29, 0.717) is 0 Å². The van der Waals surface area contributed by atoms with Crippen molar-refractivity contribution in [3.8, 4) is 11.1 Å². The average Bonchev–Trinajstić information content (AvgIpc) is 2.81. The Hall–Kier alpha value is -1.25. The van der Waals surface area contributed by atoms with Crippen LogP contribution in [0.1, 0.15) is 18.9 Å². The second-order valence-corrected chi connectivity index (χ2v) is 6.58. The lowest BCUT2D eigenvalue weighted by molar-refractivity contribution is 0.0427. The Balaban J connectivity index is 1.91. The van der Waals surface area contributed by atoms with E-state index in [1.165, 1.54) is 11.1 Å². The fourth-order valence-electron chi connectivity index (χ4n) is 2.69. The number of rotatable bonds is 2. The Morgan fingerprint density at radius 3 is 2.21 bits per heavy atom. The normalized spacial score (nSPS) is 26.5. The minimum absolute atomic E-state index is 0.273. The third-order valence-corrected chi connectivity index (χ3v) is 5.35. The largest absolute Gasteiger partial charge is 0.384 e. The first-order chi connectivity index (χ1) is 9.20. The Kier molecular flexibility index (Phi) is 3.38. The molecule has 1 aliphatic heterocycles. The van der Waals surface area contributed by atoms with Crippen LogP contribution in [0, 0.1) is 0 Å². The number of hydrogen-bond donors (Lipinski definition) is 1. The van der Waals surface area contributed by atoms with Gasteiger partial charge in [-0.2, -0.15) is 11.8 Å². The first-order valence-corrected chi connectivity index (χ1v) is 7.75. The van der Waals surface area contributed by atoms with Gasteiger partial charge in [-0.25, -0.2) is 0 Å². The molecule has 2 aromatic carbocycles. The molecule has 2 heteroatoms. The maximum absolute atomic E-state index is 10.8. The van der Waals surface area contributed by atoms with Crippen molar-refractivity contribution in [2.75, 3.05) is 5.75 Å². The lowest BCUT2D eigenvalue weighted by atomic mass is 9.87. The molecule has 1 saturated heterocycles. The predicted molar refractivity (Wildman–Crippen MR) is 82.3 cm³/mol. The molecule has 1 aliphatic rings. The second kappa shape index (κ2) is 5.03. The molecule has 1 nitrogen and oxygen atoms in total. The van der Waals surface area contributed by atoms with Crippen molar-refractivity contribution in [1.29, 1.82) is 0 Å². The summed E-state index contributed by atoms with van der Waals surface area (Å²) in [5.41, 5.74) is 2.81. The van der Waals surface area contributed by atoms with E-state index < -0.39 is 5.60 Å². The van der Waals surface area contributed by atoms with E-state index in [2.05, 4.69) is 43.3 Å². The molecule has 98 valence electrons. The Morgan fingerprint density at radius 2 is 1.63 bits per heavy atom. The Morgan fingerprint density at radius 1 is 1.00 bits per heavy atom. The molecule has 2 aromatic rings. The van der Waals surface area contributed by atoms with Gasteiger partial charge in [0, 0.05) is 5.25 Å². The molecule has 1 fully saturated rings. The van der Waals surface area contributed by atoms with E-state index in [1.807, 2.05) is 30.0 Å². The lowest BCUT2D eigenvalue weighted by Gasteiger charge is -2.27. The SMILES string of the molecule is CC1SCCC1(O)c1ccc(-c2ccccc2)cc1. The summed E-state index contributed by atoms with van der Waals surface area (Å²) in [6.45, 7) is 2.11. The van der Waals surface area contributed by atoms with Gasteiger partial charge < -0.3 is 5.11 Å². The minimum Gasteiger partial charge on any atom is -0.384 e. The summed E-state index contributed by atoms with van der Waals surface area (Å²) in [6.07, 6.45) is 0.851. The molecule has 2 unspecified atom stereocenters. The van der Waals surface area contributed by atoms with Gasteiger partial charge in [-0.05, 0) is 28.9 Å². The van der Waals surface area contributed by atoms with Crippen LogP contribution in [-0.4, -0.2) is 16.1 Å². The molecule has 0 amide bonds. The fraction of sp³-hybridized carbons (Fsp3) is 0.294. The first-order valence-electron chi connectivity index (χ1n) is 6.70. The van der Waals surface area contributed by atoms with Gasteiger partial charge >= 0.3 is 0 Å². The second-order valence-electron chi connectivity index (χ2n) is 5.13. The van der Waals surface area contributed by atoms with Crippen LogP contribution in [-0.2, 0) is 5.60 Å². The van der Waals surface area contributed by atoms with E-state index in [9.17, 15) is 5.11 Å². The van der Waals surface area contributed by atoms with E-state index >= 15 is 0 Å². The summed E-state index contributed by atoms with van der Waals surface area (Å²) in [7, 11) is 0. The summed E-state index contributed by atoms with van der Waals surface area (Å²) in [6, 6.07) is 18.7. The summed E-state index contributed by atoms with van der Waals surface area (Å²) in [4.78, 5) is 0. The van der Waals surface area contributed by atoms with Gasteiger partial charge in [0.15, 0.2) is 0 Å². The quantitative estimate of drug-likeness (QED) is 0.887. The van der Waals surface area contributed by atoms with Gasteiger partial charge in [-0.15, -0.1) is 0 Å². The molecule has 0 spiro atoms. The molecule has 19 heavy (non-hydrogen) atoms. The van der Waals surface area contributed by atoms with Gasteiger partial charge in [0.05, 0.1) is 0 Å². The Labute approximate surface area is 118 Å². The van der Waals surface area contributed by atoms with Crippen molar-refractivity contribution in [2.45, 2.75) is 24.2 Å². The van der Waals surface area contributed by atoms with Crippen molar-refractivity contribution in [3.05, 3.63) is 60.2 Å². The van der Waals surface area contributed by atoms with Crippen molar-refractivity contribution in [1.82, 2.24) is 0 Å². The minimum atomic E-state index is -0.653. The molecule has 0 saturated carbocycles. The van der Waals surface area contributed by atoms with Crippen LogP contribution in [0.25, 0.3) is 11.1 Å². The maximum atomic E-state index is 10.8. The van der Waals surface area contributed by atoms with Gasteiger partial charge in [0.2, 0.25) is 0 Å². The third-order valence-electron chi connectivity index (χ3n) is 4.02. The molecule has 2 atom stereocenters. The van der Waals surface area contributed by atoms with Crippen LogP contribution in [0.15, 0.2) is 54.6 Å². The lowest BCUT2D eigenvalue weighted by Crippen LogP contribution is -2.31. The van der Waals surface area contributed by atoms with Gasteiger partial charge in [-0.1, -0.05) is 61.5 Å². The van der Waals surface area contributed by atoms with Crippen LogP contribution in [0.5, 0.6) is 0 Å². The van der Waals surface area contributed by atoms with Crippen LogP contribution >= 0.6 is 11.8 Å². The molecule has 1 heterocycles.